The molecule has 100 valence electrons. The number of hydrogen-bond acceptors (Lipinski definition) is 4. The summed E-state index contributed by atoms with van der Waals surface area (Å²) in [5, 5.41) is 7.61. The van der Waals surface area contributed by atoms with Gasteiger partial charge in [0.15, 0.2) is 0 Å². The van der Waals surface area contributed by atoms with E-state index in [2.05, 4.69) is 10.4 Å². The molecule has 1 aliphatic carbocycles. The molecule has 18 heavy (non-hydrogen) atoms. The molecule has 1 heterocycles. The van der Waals surface area contributed by atoms with E-state index < -0.39 is 5.54 Å². The van der Waals surface area contributed by atoms with Gasteiger partial charge in [-0.25, -0.2) is 4.79 Å². The lowest BCUT2D eigenvalue weighted by atomic mass is 9.92. The first-order valence-electron chi connectivity index (χ1n) is 6.42. The quantitative estimate of drug-likeness (QED) is 0.772. The van der Waals surface area contributed by atoms with Crippen molar-refractivity contribution in [1.82, 2.24) is 15.1 Å². The highest BCUT2D eigenvalue weighted by Crippen LogP contribution is 2.41. The molecule has 0 bridgehead atoms. The molecular weight excluding hydrogens is 230 g/mol. The van der Waals surface area contributed by atoms with Gasteiger partial charge in [-0.2, -0.15) is 5.10 Å². The van der Waals surface area contributed by atoms with Crippen molar-refractivity contribution in [2.24, 2.45) is 5.92 Å². The molecular formula is C13H21N3O2. The van der Waals surface area contributed by atoms with Crippen LogP contribution in [0.1, 0.15) is 26.7 Å². The largest absolute Gasteiger partial charge is 0.468 e. The van der Waals surface area contributed by atoms with Gasteiger partial charge < -0.3 is 4.74 Å². The van der Waals surface area contributed by atoms with E-state index in [0.717, 1.165) is 12.8 Å². The zero-order chi connectivity index (χ0) is 13.2. The highest BCUT2D eigenvalue weighted by molar-refractivity contribution is 5.81. The van der Waals surface area contributed by atoms with Crippen molar-refractivity contribution < 1.29 is 9.53 Å². The van der Waals surface area contributed by atoms with Crippen LogP contribution in [-0.2, 0) is 16.1 Å². The van der Waals surface area contributed by atoms with E-state index in [1.54, 1.807) is 10.9 Å². The van der Waals surface area contributed by atoms with E-state index in [4.69, 9.17) is 4.74 Å². The Morgan fingerprint density at radius 1 is 1.61 bits per heavy atom. The second-order valence-corrected chi connectivity index (χ2v) is 5.24. The molecule has 0 amide bonds. The third-order valence-electron chi connectivity index (χ3n) is 3.34. The van der Waals surface area contributed by atoms with Crippen LogP contribution < -0.4 is 5.32 Å². The number of nitrogens with zero attached hydrogens (tertiary/aromatic N) is 2. The standard InChI is InChI=1S/C13H21N3O2/c1-10(2)15-13(11-5-6-11,12(17)18-3)9-16-8-4-7-14-16/h4,7-8,10-11,15H,5-6,9H2,1-3H3. The van der Waals surface area contributed by atoms with Crippen LogP contribution in [-0.4, -0.2) is 34.4 Å². The van der Waals surface area contributed by atoms with E-state index in [9.17, 15) is 4.79 Å². The molecule has 1 saturated carbocycles. The van der Waals surface area contributed by atoms with Crippen molar-refractivity contribution in [2.45, 2.75) is 44.8 Å². The van der Waals surface area contributed by atoms with E-state index in [1.165, 1.54) is 7.11 Å². The van der Waals surface area contributed by atoms with Crippen LogP contribution in [0.15, 0.2) is 18.5 Å². The summed E-state index contributed by atoms with van der Waals surface area (Å²) in [7, 11) is 1.45. The molecule has 0 spiro atoms. The van der Waals surface area contributed by atoms with Gasteiger partial charge >= 0.3 is 5.97 Å². The van der Waals surface area contributed by atoms with Crippen molar-refractivity contribution >= 4 is 5.97 Å². The van der Waals surface area contributed by atoms with Crippen LogP contribution in [0.2, 0.25) is 0 Å². The van der Waals surface area contributed by atoms with Crippen molar-refractivity contribution in [2.75, 3.05) is 7.11 Å². The summed E-state index contributed by atoms with van der Waals surface area (Å²) >= 11 is 0. The molecule has 1 atom stereocenters. The minimum absolute atomic E-state index is 0.186. The van der Waals surface area contributed by atoms with Crippen molar-refractivity contribution in [3.8, 4) is 0 Å². The summed E-state index contributed by atoms with van der Waals surface area (Å²) in [5.41, 5.74) is -0.644. The van der Waals surface area contributed by atoms with E-state index in [0.29, 0.717) is 12.5 Å². The maximum Gasteiger partial charge on any atom is 0.328 e. The first-order chi connectivity index (χ1) is 8.58. The number of hydrogen-bond donors (Lipinski definition) is 1. The smallest absolute Gasteiger partial charge is 0.328 e. The summed E-state index contributed by atoms with van der Waals surface area (Å²) in [6, 6.07) is 2.09. The zero-order valence-electron chi connectivity index (χ0n) is 11.2. The maximum absolute atomic E-state index is 12.3. The van der Waals surface area contributed by atoms with Crippen LogP contribution in [0.3, 0.4) is 0 Å². The number of ether oxygens (including phenoxy) is 1. The summed E-state index contributed by atoms with van der Waals surface area (Å²) in [6.07, 6.45) is 5.73. The third kappa shape index (κ3) is 2.56. The molecule has 1 aromatic rings. The monoisotopic (exact) mass is 251 g/mol. The Morgan fingerprint density at radius 2 is 2.33 bits per heavy atom. The Labute approximate surface area is 108 Å². The minimum Gasteiger partial charge on any atom is -0.468 e. The summed E-state index contributed by atoms with van der Waals surface area (Å²) in [5.74, 6) is 0.158. The predicted molar refractivity (Wildman–Crippen MR) is 68.0 cm³/mol. The highest BCUT2D eigenvalue weighted by Gasteiger charge is 2.52. The van der Waals surface area contributed by atoms with Gasteiger partial charge in [0.2, 0.25) is 0 Å². The van der Waals surface area contributed by atoms with Gasteiger partial charge in [-0.3, -0.25) is 10.00 Å². The Balaban J connectivity index is 2.26. The second-order valence-electron chi connectivity index (χ2n) is 5.24. The van der Waals surface area contributed by atoms with E-state index in [-0.39, 0.29) is 12.0 Å². The van der Waals surface area contributed by atoms with E-state index in [1.807, 2.05) is 26.1 Å². The lowest BCUT2D eigenvalue weighted by molar-refractivity contribution is -0.151. The molecule has 0 aliphatic heterocycles. The lowest BCUT2D eigenvalue weighted by Crippen LogP contribution is -2.59. The van der Waals surface area contributed by atoms with Gasteiger partial charge in [-0.05, 0) is 38.7 Å². The highest BCUT2D eigenvalue weighted by atomic mass is 16.5. The molecule has 1 aliphatic rings. The Morgan fingerprint density at radius 3 is 2.78 bits per heavy atom. The average molecular weight is 251 g/mol. The Kier molecular flexibility index (Phi) is 3.71. The first-order valence-corrected chi connectivity index (χ1v) is 6.42. The van der Waals surface area contributed by atoms with Crippen LogP contribution in [0.4, 0.5) is 0 Å². The fourth-order valence-electron chi connectivity index (χ4n) is 2.51. The molecule has 2 rings (SSSR count). The molecule has 1 aromatic heterocycles. The number of methoxy groups -OCH3 is 1. The average Bonchev–Trinajstić information content (AvgIpc) is 3.07. The van der Waals surface area contributed by atoms with Gasteiger partial charge in [-0.15, -0.1) is 0 Å². The Bertz CT molecular complexity index is 398. The van der Waals surface area contributed by atoms with Gasteiger partial charge in [0.05, 0.1) is 13.7 Å². The van der Waals surface area contributed by atoms with Crippen molar-refractivity contribution in [3.63, 3.8) is 0 Å². The SMILES string of the molecule is COC(=O)C(Cn1cccn1)(NC(C)C)C1CC1. The predicted octanol–water partition coefficient (Wildman–Crippen LogP) is 1.20. The summed E-state index contributed by atoms with van der Waals surface area (Å²) in [4.78, 5) is 12.3. The van der Waals surface area contributed by atoms with Gasteiger partial charge in [0.25, 0.3) is 0 Å². The number of aromatic nitrogens is 2. The fourth-order valence-corrected chi connectivity index (χ4v) is 2.51. The summed E-state index contributed by atoms with van der Waals surface area (Å²) in [6.45, 7) is 4.61. The molecule has 1 N–H and O–H groups in total. The maximum atomic E-state index is 12.3. The number of nitrogens with one attached hydrogen (secondary N) is 1. The molecule has 1 unspecified atom stereocenters. The number of carbonyl (C=O) groups is 1. The van der Waals surface area contributed by atoms with Crippen LogP contribution >= 0.6 is 0 Å². The summed E-state index contributed by atoms with van der Waals surface area (Å²) < 4.78 is 6.82. The van der Waals surface area contributed by atoms with Crippen molar-refractivity contribution in [3.05, 3.63) is 18.5 Å². The van der Waals surface area contributed by atoms with Gasteiger partial charge in [0, 0.05) is 18.4 Å². The third-order valence-corrected chi connectivity index (χ3v) is 3.34. The Hall–Kier alpha value is -1.36. The lowest BCUT2D eigenvalue weighted by Gasteiger charge is -2.34. The number of carbonyl (C=O) groups excluding carboxylic acids is 1. The zero-order valence-corrected chi connectivity index (χ0v) is 11.2. The second kappa shape index (κ2) is 5.10. The molecule has 5 nitrogen and oxygen atoms in total. The number of esters is 1. The van der Waals surface area contributed by atoms with E-state index >= 15 is 0 Å². The molecule has 1 fully saturated rings. The normalized spacial score (nSPS) is 18.7. The first kappa shape index (κ1) is 13.1. The molecule has 5 heteroatoms. The topological polar surface area (TPSA) is 56.2 Å². The molecule has 0 saturated heterocycles. The minimum atomic E-state index is -0.644. The van der Waals surface area contributed by atoms with Crippen molar-refractivity contribution in [1.29, 1.82) is 0 Å². The van der Waals surface area contributed by atoms with Crippen LogP contribution in [0, 0.1) is 5.92 Å². The van der Waals surface area contributed by atoms with Crippen LogP contribution in [0.25, 0.3) is 0 Å². The molecule has 0 aromatic carbocycles. The fraction of sp³-hybridized carbons (Fsp3) is 0.692. The van der Waals surface area contributed by atoms with Gasteiger partial charge in [-0.1, -0.05) is 0 Å². The molecule has 0 radical (unpaired) electrons. The number of rotatable bonds is 6. The van der Waals surface area contributed by atoms with Gasteiger partial charge in [0.1, 0.15) is 5.54 Å². The van der Waals surface area contributed by atoms with Crippen LogP contribution in [0.5, 0.6) is 0 Å².